The fraction of sp³-hybridized carbons (Fsp3) is 0.200. The van der Waals surface area contributed by atoms with Crippen LogP contribution in [-0.2, 0) is 0 Å². The molecular weight excluding hydrogens is 292 g/mol. The van der Waals surface area contributed by atoms with E-state index in [1.807, 2.05) is 36.4 Å². The van der Waals surface area contributed by atoms with Gasteiger partial charge in [-0.2, -0.15) is 0 Å². The molecule has 0 unspecified atom stereocenters. The number of rotatable bonds is 5. The van der Waals surface area contributed by atoms with Gasteiger partial charge in [0.05, 0.1) is 13.7 Å². The summed E-state index contributed by atoms with van der Waals surface area (Å²) in [5.41, 5.74) is 2.34. The summed E-state index contributed by atoms with van der Waals surface area (Å²) in [6, 6.07) is 16.1. The summed E-state index contributed by atoms with van der Waals surface area (Å²) in [5, 5.41) is 0.841. The molecule has 0 amide bonds. The molecule has 0 N–H and O–H groups in total. The Labute approximate surface area is 116 Å². The zero-order chi connectivity index (χ0) is 12.8. The van der Waals surface area contributed by atoms with Crippen LogP contribution >= 0.6 is 15.9 Å². The van der Waals surface area contributed by atoms with E-state index in [1.165, 1.54) is 11.1 Å². The molecule has 0 aromatic heterocycles. The van der Waals surface area contributed by atoms with E-state index in [0.29, 0.717) is 6.61 Å². The standard InChI is InChI=1S/C15H15BrO2/c1-17-14-6-2-12(3-7-14)13-4-8-15(9-5-13)18-11-10-16/h2-9H,10-11H2,1H3. The molecule has 0 atom stereocenters. The first-order valence-electron chi connectivity index (χ1n) is 5.77. The van der Waals surface area contributed by atoms with Gasteiger partial charge in [0.25, 0.3) is 0 Å². The minimum Gasteiger partial charge on any atom is -0.497 e. The van der Waals surface area contributed by atoms with Crippen molar-refractivity contribution in [2.75, 3.05) is 19.0 Å². The number of ether oxygens (including phenoxy) is 2. The summed E-state index contributed by atoms with van der Waals surface area (Å²) in [7, 11) is 1.67. The smallest absolute Gasteiger partial charge is 0.119 e. The lowest BCUT2D eigenvalue weighted by Crippen LogP contribution is -1.97. The van der Waals surface area contributed by atoms with Gasteiger partial charge in [-0.1, -0.05) is 40.2 Å². The molecule has 0 radical (unpaired) electrons. The van der Waals surface area contributed by atoms with Gasteiger partial charge >= 0.3 is 0 Å². The fourth-order valence-corrected chi connectivity index (χ4v) is 1.85. The molecule has 0 saturated carbocycles. The Morgan fingerprint density at radius 2 is 1.33 bits per heavy atom. The Balaban J connectivity index is 2.12. The number of alkyl halides is 1. The highest BCUT2D eigenvalue weighted by Gasteiger charge is 1.99. The number of hydrogen-bond donors (Lipinski definition) is 0. The lowest BCUT2D eigenvalue weighted by Gasteiger charge is -2.06. The van der Waals surface area contributed by atoms with Crippen molar-refractivity contribution in [2.24, 2.45) is 0 Å². The van der Waals surface area contributed by atoms with Crippen LogP contribution in [-0.4, -0.2) is 19.0 Å². The molecule has 3 heteroatoms. The Morgan fingerprint density at radius 1 is 0.833 bits per heavy atom. The van der Waals surface area contributed by atoms with Crippen LogP contribution < -0.4 is 9.47 Å². The fourth-order valence-electron chi connectivity index (χ4n) is 1.68. The summed E-state index contributed by atoms with van der Waals surface area (Å²) < 4.78 is 10.7. The van der Waals surface area contributed by atoms with Gasteiger partial charge in [-0.15, -0.1) is 0 Å². The molecule has 0 fully saturated rings. The molecule has 18 heavy (non-hydrogen) atoms. The van der Waals surface area contributed by atoms with Gasteiger partial charge in [-0.3, -0.25) is 0 Å². The average molecular weight is 307 g/mol. The van der Waals surface area contributed by atoms with E-state index in [2.05, 4.69) is 28.1 Å². The molecular formula is C15H15BrO2. The highest BCUT2D eigenvalue weighted by molar-refractivity contribution is 9.09. The maximum atomic E-state index is 5.52. The molecule has 0 aliphatic carbocycles. The van der Waals surface area contributed by atoms with Crippen LogP contribution in [0, 0.1) is 0 Å². The second-order valence-corrected chi connectivity index (χ2v) is 4.58. The predicted octanol–water partition coefficient (Wildman–Crippen LogP) is 4.14. The third kappa shape index (κ3) is 3.26. The van der Waals surface area contributed by atoms with Crippen LogP contribution in [0.5, 0.6) is 11.5 Å². The van der Waals surface area contributed by atoms with Crippen molar-refractivity contribution in [2.45, 2.75) is 0 Å². The Morgan fingerprint density at radius 3 is 1.78 bits per heavy atom. The molecule has 0 bridgehead atoms. The molecule has 2 rings (SSSR count). The first-order valence-corrected chi connectivity index (χ1v) is 6.89. The molecule has 0 heterocycles. The third-order valence-electron chi connectivity index (χ3n) is 2.62. The van der Waals surface area contributed by atoms with Crippen molar-refractivity contribution in [3.63, 3.8) is 0 Å². The number of benzene rings is 2. The minimum absolute atomic E-state index is 0.682. The first-order chi connectivity index (χ1) is 8.83. The van der Waals surface area contributed by atoms with Gasteiger partial charge in [0.1, 0.15) is 11.5 Å². The van der Waals surface area contributed by atoms with Crippen molar-refractivity contribution < 1.29 is 9.47 Å². The summed E-state index contributed by atoms with van der Waals surface area (Å²) in [4.78, 5) is 0. The van der Waals surface area contributed by atoms with E-state index in [1.54, 1.807) is 7.11 Å². The van der Waals surface area contributed by atoms with E-state index >= 15 is 0 Å². The normalized spacial score (nSPS) is 10.1. The van der Waals surface area contributed by atoms with Crippen molar-refractivity contribution in [3.05, 3.63) is 48.5 Å². The Hall–Kier alpha value is -1.48. The SMILES string of the molecule is COc1ccc(-c2ccc(OCCBr)cc2)cc1. The summed E-state index contributed by atoms with van der Waals surface area (Å²) in [6.07, 6.45) is 0. The van der Waals surface area contributed by atoms with Gasteiger partial charge in [0.15, 0.2) is 0 Å². The van der Waals surface area contributed by atoms with Crippen LogP contribution in [0.3, 0.4) is 0 Å². The van der Waals surface area contributed by atoms with Crippen LogP contribution in [0.15, 0.2) is 48.5 Å². The molecule has 0 spiro atoms. The summed E-state index contributed by atoms with van der Waals surface area (Å²) >= 11 is 3.33. The van der Waals surface area contributed by atoms with E-state index in [9.17, 15) is 0 Å². The van der Waals surface area contributed by atoms with Crippen LogP contribution in [0.1, 0.15) is 0 Å². The number of halogens is 1. The predicted molar refractivity (Wildman–Crippen MR) is 77.7 cm³/mol. The van der Waals surface area contributed by atoms with Crippen molar-refractivity contribution in [3.8, 4) is 22.6 Å². The highest BCUT2D eigenvalue weighted by Crippen LogP contribution is 2.24. The van der Waals surface area contributed by atoms with E-state index in [-0.39, 0.29) is 0 Å². The maximum Gasteiger partial charge on any atom is 0.119 e. The lowest BCUT2D eigenvalue weighted by molar-refractivity contribution is 0.345. The van der Waals surface area contributed by atoms with Crippen molar-refractivity contribution >= 4 is 15.9 Å². The molecule has 0 saturated heterocycles. The minimum atomic E-state index is 0.682. The molecule has 2 nitrogen and oxygen atoms in total. The van der Waals surface area contributed by atoms with E-state index < -0.39 is 0 Å². The highest BCUT2D eigenvalue weighted by atomic mass is 79.9. The zero-order valence-corrected chi connectivity index (χ0v) is 11.8. The van der Waals surface area contributed by atoms with Gasteiger partial charge < -0.3 is 9.47 Å². The van der Waals surface area contributed by atoms with Gasteiger partial charge in [0.2, 0.25) is 0 Å². The molecule has 94 valence electrons. The third-order valence-corrected chi connectivity index (χ3v) is 2.95. The Kier molecular flexibility index (Phi) is 4.65. The zero-order valence-electron chi connectivity index (χ0n) is 10.2. The van der Waals surface area contributed by atoms with E-state index in [0.717, 1.165) is 16.8 Å². The quantitative estimate of drug-likeness (QED) is 0.773. The second kappa shape index (κ2) is 6.45. The van der Waals surface area contributed by atoms with Gasteiger partial charge in [-0.05, 0) is 35.4 Å². The Bertz CT molecular complexity index is 477. The van der Waals surface area contributed by atoms with Crippen molar-refractivity contribution in [1.29, 1.82) is 0 Å². The van der Waals surface area contributed by atoms with Gasteiger partial charge in [-0.25, -0.2) is 0 Å². The van der Waals surface area contributed by atoms with Crippen molar-refractivity contribution in [1.82, 2.24) is 0 Å². The summed E-state index contributed by atoms with van der Waals surface area (Å²) in [5.74, 6) is 1.77. The number of methoxy groups -OCH3 is 1. The molecule has 0 aliphatic heterocycles. The monoisotopic (exact) mass is 306 g/mol. The average Bonchev–Trinajstić information content (AvgIpc) is 2.46. The first kappa shape index (κ1) is 13.0. The summed E-state index contributed by atoms with van der Waals surface area (Å²) in [6.45, 7) is 0.682. The van der Waals surface area contributed by atoms with E-state index in [4.69, 9.17) is 9.47 Å². The molecule has 2 aromatic rings. The topological polar surface area (TPSA) is 18.5 Å². The van der Waals surface area contributed by atoms with Crippen LogP contribution in [0.2, 0.25) is 0 Å². The van der Waals surface area contributed by atoms with Gasteiger partial charge in [0, 0.05) is 5.33 Å². The van der Waals surface area contributed by atoms with Crippen LogP contribution in [0.4, 0.5) is 0 Å². The molecule has 0 aliphatic rings. The molecule has 2 aromatic carbocycles. The van der Waals surface area contributed by atoms with Crippen LogP contribution in [0.25, 0.3) is 11.1 Å². The number of hydrogen-bond acceptors (Lipinski definition) is 2. The largest absolute Gasteiger partial charge is 0.497 e. The second-order valence-electron chi connectivity index (χ2n) is 3.79. The maximum absolute atomic E-state index is 5.52. The lowest BCUT2D eigenvalue weighted by atomic mass is 10.1.